The number of hydrogen-bond donors (Lipinski definition) is 1. The molecule has 1 aliphatic heterocycles. The van der Waals surface area contributed by atoms with Crippen molar-refractivity contribution in [2.24, 2.45) is 5.92 Å². The third-order valence-corrected chi connectivity index (χ3v) is 4.58. The largest absolute Gasteiger partial charge is 0.317 e. The first kappa shape index (κ1) is 17.0. The minimum Gasteiger partial charge on any atom is -0.317 e. The van der Waals surface area contributed by atoms with Gasteiger partial charge in [0.2, 0.25) is 0 Å². The van der Waals surface area contributed by atoms with Crippen LogP contribution < -0.4 is 5.32 Å². The highest BCUT2D eigenvalue weighted by atomic mass is 19.1. The zero-order valence-corrected chi connectivity index (χ0v) is 14.0. The summed E-state index contributed by atoms with van der Waals surface area (Å²) in [5, 5.41) is 7.85. The second kappa shape index (κ2) is 7.85. The standard InChI is InChI=1S/C18H24F2N4/c1-2-21-12-14-5-8-23(9-6-14)13-16-7-10-24(22-16)18-4-3-15(19)11-17(18)20/h3-4,7,10-11,14,21H,2,5-6,8-9,12-13H2,1H3. The molecule has 1 saturated heterocycles. The van der Waals surface area contributed by atoms with Gasteiger partial charge in [0.1, 0.15) is 11.5 Å². The van der Waals surface area contributed by atoms with Gasteiger partial charge >= 0.3 is 0 Å². The SMILES string of the molecule is CCNCC1CCN(Cc2ccn(-c3ccc(F)cc3F)n2)CC1. The van der Waals surface area contributed by atoms with E-state index in [0.717, 1.165) is 50.4 Å². The summed E-state index contributed by atoms with van der Waals surface area (Å²) in [6.07, 6.45) is 4.12. The molecule has 1 aromatic carbocycles. The normalized spacial score (nSPS) is 16.6. The Morgan fingerprint density at radius 3 is 2.71 bits per heavy atom. The molecule has 0 aliphatic carbocycles. The van der Waals surface area contributed by atoms with Gasteiger partial charge in [-0.3, -0.25) is 4.90 Å². The second-order valence-corrected chi connectivity index (χ2v) is 6.37. The molecule has 0 unspecified atom stereocenters. The van der Waals surface area contributed by atoms with E-state index in [0.29, 0.717) is 0 Å². The lowest BCUT2D eigenvalue weighted by Crippen LogP contribution is -2.37. The van der Waals surface area contributed by atoms with Crippen molar-refractivity contribution >= 4 is 0 Å². The molecule has 0 bridgehead atoms. The minimum atomic E-state index is -0.603. The van der Waals surface area contributed by atoms with Crippen LogP contribution in [0.15, 0.2) is 30.5 Å². The molecule has 1 aliphatic rings. The van der Waals surface area contributed by atoms with Crippen molar-refractivity contribution in [3.63, 3.8) is 0 Å². The van der Waals surface area contributed by atoms with Crippen LogP contribution >= 0.6 is 0 Å². The Labute approximate surface area is 141 Å². The third kappa shape index (κ3) is 4.19. The quantitative estimate of drug-likeness (QED) is 0.882. The molecule has 0 saturated carbocycles. The number of aromatic nitrogens is 2. The summed E-state index contributed by atoms with van der Waals surface area (Å²) in [7, 11) is 0. The summed E-state index contributed by atoms with van der Waals surface area (Å²) >= 11 is 0. The summed E-state index contributed by atoms with van der Waals surface area (Å²) in [5.41, 5.74) is 1.18. The van der Waals surface area contributed by atoms with E-state index in [4.69, 9.17) is 0 Å². The summed E-state index contributed by atoms with van der Waals surface area (Å²) in [5.74, 6) is -0.426. The van der Waals surface area contributed by atoms with Crippen molar-refractivity contribution in [3.05, 3.63) is 47.8 Å². The average molecular weight is 334 g/mol. The lowest BCUT2D eigenvalue weighted by molar-refractivity contribution is 0.174. The molecular weight excluding hydrogens is 310 g/mol. The lowest BCUT2D eigenvalue weighted by atomic mass is 9.97. The molecule has 24 heavy (non-hydrogen) atoms. The van der Waals surface area contributed by atoms with Crippen LogP contribution in [0.25, 0.3) is 5.69 Å². The van der Waals surface area contributed by atoms with Crippen molar-refractivity contribution in [1.82, 2.24) is 20.0 Å². The van der Waals surface area contributed by atoms with Crippen LogP contribution in [0.2, 0.25) is 0 Å². The molecule has 2 heterocycles. The van der Waals surface area contributed by atoms with Gasteiger partial charge < -0.3 is 5.32 Å². The Kier molecular flexibility index (Phi) is 5.58. The molecule has 1 fully saturated rings. The van der Waals surface area contributed by atoms with Gasteiger partial charge in [0.05, 0.1) is 5.69 Å². The van der Waals surface area contributed by atoms with Crippen LogP contribution in [-0.4, -0.2) is 40.9 Å². The number of nitrogens with zero attached hydrogens (tertiary/aromatic N) is 3. The fourth-order valence-corrected chi connectivity index (χ4v) is 3.17. The van der Waals surface area contributed by atoms with Crippen LogP contribution in [0.5, 0.6) is 0 Å². The maximum Gasteiger partial charge on any atom is 0.151 e. The third-order valence-electron chi connectivity index (χ3n) is 4.58. The van der Waals surface area contributed by atoms with Crippen LogP contribution in [0.1, 0.15) is 25.5 Å². The molecule has 3 rings (SSSR count). The number of piperidine rings is 1. The maximum absolute atomic E-state index is 13.8. The van der Waals surface area contributed by atoms with Gasteiger partial charge in [-0.25, -0.2) is 13.5 Å². The summed E-state index contributed by atoms with van der Waals surface area (Å²) in [4.78, 5) is 2.39. The van der Waals surface area contributed by atoms with Crippen molar-refractivity contribution < 1.29 is 8.78 Å². The minimum absolute atomic E-state index is 0.270. The maximum atomic E-state index is 13.8. The van der Waals surface area contributed by atoms with Crippen molar-refractivity contribution in [1.29, 1.82) is 0 Å². The first-order valence-electron chi connectivity index (χ1n) is 8.58. The zero-order valence-electron chi connectivity index (χ0n) is 14.0. The van der Waals surface area contributed by atoms with E-state index in [1.165, 1.54) is 29.7 Å². The van der Waals surface area contributed by atoms with E-state index in [9.17, 15) is 8.78 Å². The second-order valence-electron chi connectivity index (χ2n) is 6.37. The molecule has 0 radical (unpaired) electrons. The number of likely N-dealkylation sites (tertiary alicyclic amines) is 1. The summed E-state index contributed by atoms with van der Waals surface area (Å²) in [6, 6.07) is 5.43. The number of rotatable bonds is 6. The number of halogens is 2. The monoisotopic (exact) mass is 334 g/mol. The van der Waals surface area contributed by atoms with Crippen LogP contribution in [0.4, 0.5) is 8.78 Å². The van der Waals surface area contributed by atoms with Crippen LogP contribution in [-0.2, 0) is 6.54 Å². The fourth-order valence-electron chi connectivity index (χ4n) is 3.17. The molecule has 1 N–H and O–H groups in total. The van der Waals surface area contributed by atoms with E-state index >= 15 is 0 Å². The Bertz CT molecular complexity index is 663. The Morgan fingerprint density at radius 1 is 1.21 bits per heavy atom. The molecular formula is C18H24F2N4. The molecule has 2 aromatic rings. The Morgan fingerprint density at radius 2 is 2.00 bits per heavy atom. The number of hydrogen-bond acceptors (Lipinski definition) is 3. The molecule has 130 valence electrons. The molecule has 6 heteroatoms. The lowest BCUT2D eigenvalue weighted by Gasteiger charge is -2.31. The Balaban J connectivity index is 1.57. The predicted molar refractivity (Wildman–Crippen MR) is 90.0 cm³/mol. The van der Waals surface area contributed by atoms with Crippen molar-refractivity contribution in [2.75, 3.05) is 26.2 Å². The highest BCUT2D eigenvalue weighted by Crippen LogP contribution is 2.19. The van der Waals surface area contributed by atoms with Gasteiger partial charge in [-0.15, -0.1) is 0 Å². The fraction of sp³-hybridized carbons (Fsp3) is 0.500. The van der Waals surface area contributed by atoms with Gasteiger partial charge in [0, 0.05) is 18.8 Å². The molecule has 0 amide bonds. The molecule has 4 nitrogen and oxygen atoms in total. The molecule has 0 atom stereocenters. The summed E-state index contributed by atoms with van der Waals surface area (Å²) in [6.45, 7) is 7.15. The molecule has 1 aromatic heterocycles. The van der Waals surface area contributed by atoms with E-state index < -0.39 is 11.6 Å². The predicted octanol–water partition coefficient (Wildman–Crippen LogP) is 2.97. The first-order chi connectivity index (χ1) is 11.7. The average Bonchev–Trinajstić information content (AvgIpc) is 3.02. The van der Waals surface area contributed by atoms with Gasteiger partial charge in [0.15, 0.2) is 5.82 Å². The van der Waals surface area contributed by atoms with Gasteiger partial charge in [-0.1, -0.05) is 6.92 Å². The van der Waals surface area contributed by atoms with E-state index in [-0.39, 0.29) is 5.69 Å². The first-order valence-corrected chi connectivity index (χ1v) is 8.58. The van der Waals surface area contributed by atoms with E-state index in [1.54, 1.807) is 6.20 Å². The Hall–Kier alpha value is -1.79. The van der Waals surface area contributed by atoms with Gasteiger partial charge in [-0.2, -0.15) is 5.10 Å². The number of nitrogens with one attached hydrogen (secondary N) is 1. The van der Waals surface area contributed by atoms with Crippen LogP contribution in [0.3, 0.4) is 0 Å². The zero-order chi connectivity index (χ0) is 16.9. The topological polar surface area (TPSA) is 33.1 Å². The van der Waals surface area contributed by atoms with Gasteiger partial charge in [-0.05, 0) is 63.1 Å². The van der Waals surface area contributed by atoms with Crippen molar-refractivity contribution in [3.8, 4) is 5.69 Å². The molecule has 0 spiro atoms. The van der Waals surface area contributed by atoms with E-state index in [2.05, 4.69) is 22.2 Å². The highest BCUT2D eigenvalue weighted by Gasteiger charge is 2.19. The van der Waals surface area contributed by atoms with Gasteiger partial charge in [0.25, 0.3) is 0 Å². The van der Waals surface area contributed by atoms with E-state index in [1.807, 2.05) is 6.07 Å². The van der Waals surface area contributed by atoms with Crippen molar-refractivity contribution in [2.45, 2.75) is 26.3 Å². The highest BCUT2D eigenvalue weighted by molar-refractivity contribution is 5.33. The van der Waals surface area contributed by atoms with Crippen LogP contribution in [0, 0.1) is 17.6 Å². The smallest absolute Gasteiger partial charge is 0.151 e. The summed E-state index contributed by atoms with van der Waals surface area (Å²) < 4.78 is 28.3. The number of benzene rings is 1.